The summed E-state index contributed by atoms with van der Waals surface area (Å²) in [6, 6.07) is 0. The normalized spacial score (nSPS) is 26.9. The highest BCUT2D eigenvalue weighted by Gasteiger charge is 2.65. The summed E-state index contributed by atoms with van der Waals surface area (Å²) >= 11 is 0. The minimum absolute atomic E-state index is 0.0237. The molecule has 5 unspecified atom stereocenters. The van der Waals surface area contributed by atoms with E-state index in [-0.39, 0.29) is 40.6 Å². The number of aliphatic carboxylic acids is 1. The molecule has 1 aromatic carbocycles. The lowest BCUT2D eigenvalue weighted by atomic mass is 9.51. The summed E-state index contributed by atoms with van der Waals surface area (Å²) in [7, 11) is 0. The van der Waals surface area contributed by atoms with Crippen LogP contribution in [-0.2, 0) is 11.2 Å². The lowest BCUT2D eigenvalue weighted by Gasteiger charge is -2.60. The molecule has 7 heteroatoms. The molecular formula is C37H46O7. The molecule has 0 radical (unpaired) electrons. The van der Waals surface area contributed by atoms with Crippen LogP contribution in [0.1, 0.15) is 102 Å². The largest absolute Gasteiger partial charge is 0.506 e. The van der Waals surface area contributed by atoms with Gasteiger partial charge >= 0.3 is 5.97 Å². The van der Waals surface area contributed by atoms with Crippen molar-refractivity contribution in [2.24, 2.45) is 17.8 Å². The van der Waals surface area contributed by atoms with Crippen LogP contribution in [0.5, 0.6) is 17.2 Å². The SMILES string of the molecule is CC(C)=CCCC1C=Cc2c(O)c3c(c(CC=C(C)C)c2O1)OC12C(=CC(CC1C/C=C(\C)C(=O)O)CC2C(C)(C)O)C3=O. The number of Topliss-reactive ketones (excluding diaryl/α,β-unsaturated/α-hetero) is 1. The number of rotatable bonds is 9. The number of phenols is 1. The van der Waals surface area contributed by atoms with Crippen molar-refractivity contribution >= 4 is 17.8 Å². The first-order chi connectivity index (χ1) is 20.6. The van der Waals surface area contributed by atoms with E-state index in [4.69, 9.17) is 9.47 Å². The molecule has 1 aromatic rings. The van der Waals surface area contributed by atoms with Crippen LogP contribution < -0.4 is 9.47 Å². The summed E-state index contributed by atoms with van der Waals surface area (Å²) < 4.78 is 13.7. The van der Waals surface area contributed by atoms with E-state index in [9.17, 15) is 24.9 Å². The van der Waals surface area contributed by atoms with Crippen LogP contribution in [0.25, 0.3) is 6.08 Å². The molecule has 6 rings (SSSR count). The van der Waals surface area contributed by atoms with Gasteiger partial charge in [0, 0.05) is 28.5 Å². The Hall–Kier alpha value is -3.58. The fourth-order valence-corrected chi connectivity index (χ4v) is 7.52. The number of carbonyl (C=O) groups is 2. The number of ether oxygens (including phenoxy) is 2. The Kier molecular flexibility index (Phi) is 8.49. The minimum Gasteiger partial charge on any atom is -0.506 e. The fraction of sp³-hybridized carbons (Fsp3) is 0.514. The number of carboxylic acids is 1. The highest BCUT2D eigenvalue weighted by Crippen LogP contribution is 2.62. The van der Waals surface area contributed by atoms with Crippen molar-refractivity contribution in [2.45, 2.75) is 104 Å². The van der Waals surface area contributed by atoms with Crippen molar-refractivity contribution in [3.05, 3.63) is 69.4 Å². The quantitative estimate of drug-likeness (QED) is 0.198. The van der Waals surface area contributed by atoms with Crippen molar-refractivity contribution in [1.29, 1.82) is 0 Å². The average molecular weight is 603 g/mol. The molecule has 0 saturated heterocycles. The standard InChI is InChI=1S/C37H46O7/c1-20(2)9-8-10-25-14-16-26-31(38)30-32(39)28-18-23-17-24(13-12-22(5)35(40)41)37(28,29(19-23)36(6,7)42)44-34(30)27(33(26)43-25)15-11-21(3)4/h9,11-12,14,16,18,23-25,29,38,42H,8,10,13,15,17,19H2,1-7H3,(H,40,41)/b22-12+. The van der Waals surface area contributed by atoms with E-state index in [1.165, 1.54) is 5.57 Å². The van der Waals surface area contributed by atoms with E-state index in [1.807, 2.05) is 32.1 Å². The van der Waals surface area contributed by atoms with Gasteiger partial charge < -0.3 is 24.8 Å². The lowest BCUT2D eigenvalue weighted by molar-refractivity contribution is -0.141. The Morgan fingerprint density at radius 3 is 2.41 bits per heavy atom. The van der Waals surface area contributed by atoms with Gasteiger partial charge in [-0.25, -0.2) is 4.79 Å². The van der Waals surface area contributed by atoms with Crippen molar-refractivity contribution in [2.75, 3.05) is 0 Å². The number of hydrogen-bond donors (Lipinski definition) is 3. The zero-order valence-corrected chi connectivity index (χ0v) is 27.0. The fourth-order valence-electron chi connectivity index (χ4n) is 7.52. The van der Waals surface area contributed by atoms with Crippen molar-refractivity contribution in [3.63, 3.8) is 0 Å². The third kappa shape index (κ3) is 5.55. The maximum Gasteiger partial charge on any atom is 0.330 e. The van der Waals surface area contributed by atoms with Gasteiger partial charge in [0.2, 0.25) is 0 Å². The van der Waals surface area contributed by atoms with Gasteiger partial charge in [0.1, 0.15) is 34.5 Å². The van der Waals surface area contributed by atoms with Gasteiger partial charge in [-0.05, 0) is 105 Å². The van der Waals surface area contributed by atoms with Crippen LogP contribution in [-0.4, -0.2) is 44.4 Å². The van der Waals surface area contributed by atoms with E-state index in [2.05, 4.69) is 26.0 Å². The highest BCUT2D eigenvalue weighted by molar-refractivity contribution is 6.16. The maximum atomic E-state index is 14.6. The predicted molar refractivity (Wildman–Crippen MR) is 171 cm³/mol. The van der Waals surface area contributed by atoms with E-state index < -0.39 is 23.1 Å². The zero-order valence-electron chi connectivity index (χ0n) is 27.0. The monoisotopic (exact) mass is 602 g/mol. The molecule has 0 aromatic heterocycles. The van der Waals surface area contributed by atoms with Gasteiger partial charge in [-0.3, -0.25) is 4.79 Å². The summed E-state index contributed by atoms with van der Waals surface area (Å²) in [5.74, 6) is -1.29. The van der Waals surface area contributed by atoms with Gasteiger partial charge in [0.15, 0.2) is 5.78 Å². The van der Waals surface area contributed by atoms with Crippen molar-refractivity contribution in [1.82, 2.24) is 0 Å². The molecule has 44 heavy (non-hydrogen) atoms. The molecule has 0 amide bonds. The number of fused-ring (bicyclic) bond motifs is 4. The number of benzene rings is 1. The number of carbonyl (C=O) groups excluding carboxylic acids is 1. The molecule has 7 nitrogen and oxygen atoms in total. The second kappa shape index (κ2) is 11.7. The van der Waals surface area contributed by atoms with Gasteiger partial charge in [-0.1, -0.05) is 35.5 Å². The molecular weight excluding hydrogens is 556 g/mol. The Balaban J connectivity index is 1.71. The molecule has 2 aliphatic heterocycles. The number of phenolic OH excluding ortho intramolecular Hbond substituents is 1. The minimum atomic E-state index is -1.19. The Morgan fingerprint density at radius 2 is 1.77 bits per heavy atom. The van der Waals surface area contributed by atoms with Crippen LogP contribution in [0.2, 0.25) is 0 Å². The Labute approximate surface area is 260 Å². The topological polar surface area (TPSA) is 113 Å². The van der Waals surface area contributed by atoms with Crippen molar-refractivity contribution < 1.29 is 34.4 Å². The van der Waals surface area contributed by atoms with Gasteiger partial charge in [-0.15, -0.1) is 0 Å². The summed E-state index contributed by atoms with van der Waals surface area (Å²) in [6.07, 6.45) is 15.3. The molecule has 5 aliphatic rings. The molecule has 236 valence electrons. The number of aliphatic hydroxyl groups is 1. The molecule has 2 bridgehead atoms. The van der Waals surface area contributed by atoms with E-state index in [0.29, 0.717) is 53.9 Å². The molecule has 3 N–H and O–H groups in total. The maximum absolute atomic E-state index is 14.6. The third-order valence-electron chi connectivity index (χ3n) is 9.69. The number of ketones is 1. The van der Waals surface area contributed by atoms with Crippen LogP contribution in [0.3, 0.4) is 0 Å². The molecule has 5 atom stereocenters. The van der Waals surface area contributed by atoms with E-state index in [1.54, 1.807) is 26.8 Å². The van der Waals surface area contributed by atoms with E-state index >= 15 is 0 Å². The van der Waals surface area contributed by atoms with E-state index in [0.717, 1.165) is 18.4 Å². The summed E-state index contributed by atoms with van der Waals surface area (Å²) in [4.78, 5) is 26.2. The van der Waals surface area contributed by atoms with Crippen LogP contribution >= 0.6 is 0 Å². The third-order valence-corrected chi connectivity index (χ3v) is 9.69. The summed E-state index contributed by atoms with van der Waals surface area (Å²) in [5, 5.41) is 32.8. The predicted octanol–water partition coefficient (Wildman–Crippen LogP) is 7.51. The smallest absolute Gasteiger partial charge is 0.330 e. The first-order valence-corrected chi connectivity index (χ1v) is 15.8. The van der Waals surface area contributed by atoms with Gasteiger partial charge in [-0.2, -0.15) is 0 Å². The lowest BCUT2D eigenvalue weighted by Crippen LogP contribution is -2.66. The average Bonchev–Trinajstić information content (AvgIpc) is 2.94. The first kappa shape index (κ1) is 31.8. The molecule has 1 saturated carbocycles. The van der Waals surface area contributed by atoms with Gasteiger partial charge in [0.05, 0.1) is 11.2 Å². The molecule has 2 heterocycles. The highest BCUT2D eigenvalue weighted by atomic mass is 16.5. The first-order valence-electron chi connectivity index (χ1n) is 15.8. The summed E-state index contributed by atoms with van der Waals surface area (Å²) in [5.41, 5.74) is 1.93. The number of allylic oxidation sites excluding steroid dienone is 6. The number of hydrogen-bond acceptors (Lipinski definition) is 6. The van der Waals surface area contributed by atoms with Crippen molar-refractivity contribution in [3.8, 4) is 17.2 Å². The second-order valence-electron chi connectivity index (χ2n) is 14.0. The van der Waals surface area contributed by atoms with Crippen LogP contribution in [0.4, 0.5) is 0 Å². The Bertz CT molecular complexity index is 1520. The summed E-state index contributed by atoms with van der Waals surface area (Å²) in [6.45, 7) is 13.2. The zero-order chi connectivity index (χ0) is 32.1. The number of carboxylic acid groups (broad SMARTS) is 1. The molecule has 1 fully saturated rings. The molecule has 3 aliphatic carbocycles. The Morgan fingerprint density at radius 1 is 1.07 bits per heavy atom. The van der Waals surface area contributed by atoms with Gasteiger partial charge in [0.25, 0.3) is 0 Å². The van der Waals surface area contributed by atoms with Crippen LogP contribution in [0, 0.1) is 17.8 Å². The number of aromatic hydroxyl groups is 1. The second-order valence-corrected chi connectivity index (χ2v) is 14.0. The molecule has 1 spiro atoms. The van der Waals surface area contributed by atoms with Crippen LogP contribution in [0.15, 0.2) is 52.7 Å².